The molecule has 0 radical (unpaired) electrons. The second kappa shape index (κ2) is 5.59. The molecular weight excluding hydrogens is 270 g/mol. The molecule has 18 heavy (non-hydrogen) atoms. The average Bonchev–Trinajstić information content (AvgIpc) is 2.77. The molecule has 1 aromatic heterocycles. The van der Waals surface area contributed by atoms with Gasteiger partial charge in [-0.25, -0.2) is 0 Å². The van der Waals surface area contributed by atoms with Crippen molar-refractivity contribution in [1.29, 1.82) is 0 Å². The Morgan fingerprint density at radius 3 is 2.78 bits per heavy atom. The number of nitrogens with one attached hydrogen (secondary N) is 1. The summed E-state index contributed by atoms with van der Waals surface area (Å²) in [4.78, 5) is 12.4. The fourth-order valence-corrected chi connectivity index (χ4v) is 3.20. The maximum Gasteiger partial charge on any atom is 0.261 e. The lowest BCUT2D eigenvalue weighted by Crippen LogP contribution is -2.45. The first kappa shape index (κ1) is 13.8. The number of carbonyl (C=O) groups excluding carboxylic acids is 1. The second-order valence-corrected chi connectivity index (χ2v) is 6.91. The van der Waals surface area contributed by atoms with Gasteiger partial charge in [0.2, 0.25) is 0 Å². The first-order valence-corrected chi connectivity index (χ1v) is 7.44. The molecule has 0 atom stereocenters. The van der Waals surface area contributed by atoms with Crippen LogP contribution in [-0.4, -0.2) is 23.2 Å². The largest absolute Gasteiger partial charge is 0.388 e. The van der Waals surface area contributed by atoms with Crippen molar-refractivity contribution in [2.24, 2.45) is 5.92 Å². The van der Waals surface area contributed by atoms with E-state index < -0.39 is 5.60 Å². The van der Waals surface area contributed by atoms with E-state index in [0.29, 0.717) is 21.7 Å². The first-order chi connectivity index (χ1) is 8.48. The molecule has 0 saturated heterocycles. The lowest BCUT2D eigenvalue weighted by Gasteiger charge is -2.34. The van der Waals surface area contributed by atoms with Crippen LogP contribution in [0.15, 0.2) is 12.1 Å². The lowest BCUT2D eigenvalue weighted by molar-refractivity contribution is -0.00536. The molecule has 1 aromatic rings. The standard InChI is InChI=1S/C13H18ClNO2S/c1-9-4-6-13(17,7-5-9)8-15-12(16)10-2-3-11(14)18-10/h2-3,9,17H,4-8H2,1H3,(H,15,16). The minimum atomic E-state index is -0.733. The summed E-state index contributed by atoms with van der Waals surface area (Å²) in [5.41, 5.74) is -0.733. The number of amides is 1. The molecule has 1 saturated carbocycles. The summed E-state index contributed by atoms with van der Waals surface area (Å²) in [6, 6.07) is 3.41. The summed E-state index contributed by atoms with van der Waals surface area (Å²) in [6.07, 6.45) is 3.58. The summed E-state index contributed by atoms with van der Waals surface area (Å²) >= 11 is 7.04. The van der Waals surface area contributed by atoms with E-state index in [2.05, 4.69) is 12.2 Å². The Morgan fingerprint density at radius 2 is 2.22 bits per heavy atom. The number of halogens is 1. The fraction of sp³-hybridized carbons (Fsp3) is 0.615. The molecule has 1 amide bonds. The molecule has 0 bridgehead atoms. The van der Waals surface area contributed by atoms with E-state index in [1.54, 1.807) is 12.1 Å². The molecular formula is C13H18ClNO2S. The van der Waals surface area contributed by atoms with Crippen LogP contribution in [-0.2, 0) is 0 Å². The SMILES string of the molecule is CC1CCC(O)(CNC(=O)c2ccc(Cl)s2)CC1. The van der Waals surface area contributed by atoms with Crippen LogP contribution in [0, 0.1) is 5.92 Å². The molecule has 2 N–H and O–H groups in total. The van der Waals surface area contributed by atoms with Crippen molar-refractivity contribution in [2.75, 3.05) is 6.54 Å². The van der Waals surface area contributed by atoms with E-state index in [1.807, 2.05) is 0 Å². The Balaban J connectivity index is 1.86. The minimum Gasteiger partial charge on any atom is -0.388 e. The number of aliphatic hydroxyl groups is 1. The van der Waals surface area contributed by atoms with Gasteiger partial charge in [-0.15, -0.1) is 11.3 Å². The monoisotopic (exact) mass is 287 g/mol. The third kappa shape index (κ3) is 3.46. The van der Waals surface area contributed by atoms with Crippen LogP contribution in [0.1, 0.15) is 42.3 Å². The van der Waals surface area contributed by atoms with Crippen LogP contribution in [0.5, 0.6) is 0 Å². The molecule has 0 spiro atoms. The number of thiophene rings is 1. The molecule has 0 aliphatic heterocycles. The van der Waals surface area contributed by atoms with Gasteiger partial charge in [-0.3, -0.25) is 4.79 Å². The third-order valence-corrected chi connectivity index (χ3v) is 4.81. The van der Waals surface area contributed by atoms with Gasteiger partial charge in [0.1, 0.15) is 0 Å². The van der Waals surface area contributed by atoms with Crippen LogP contribution in [0.2, 0.25) is 4.34 Å². The van der Waals surface area contributed by atoms with Gasteiger partial charge < -0.3 is 10.4 Å². The van der Waals surface area contributed by atoms with Gasteiger partial charge in [0.25, 0.3) is 5.91 Å². The Bertz CT molecular complexity index is 424. The average molecular weight is 288 g/mol. The van der Waals surface area contributed by atoms with Crippen LogP contribution in [0.3, 0.4) is 0 Å². The van der Waals surface area contributed by atoms with Gasteiger partial charge in [-0.1, -0.05) is 18.5 Å². The lowest BCUT2D eigenvalue weighted by atomic mass is 9.79. The summed E-state index contributed by atoms with van der Waals surface area (Å²) in [7, 11) is 0. The first-order valence-electron chi connectivity index (χ1n) is 6.24. The summed E-state index contributed by atoms with van der Waals surface area (Å²) < 4.78 is 0.602. The molecule has 0 unspecified atom stereocenters. The predicted molar refractivity (Wildman–Crippen MR) is 74.2 cm³/mol. The van der Waals surface area contributed by atoms with Crippen molar-refractivity contribution >= 4 is 28.8 Å². The Hall–Kier alpha value is -0.580. The quantitative estimate of drug-likeness (QED) is 0.898. The van der Waals surface area contributed by atoms with Gasteiger partial charge >= 0.3 is 0 Å². The third-order valence-electron chi connectivity index (χ3n) is 3.58. The van der Waals surface area contributed by atoms with E-state index in [9.17, 15) is 9.90 Å². The summed E-state index contributed by atoms with van der Waals surface area (Å²) in [5, 5.41) is 13.2. The molecule has 0 aromatic carbocycles. The van der Waals surface area contributed by atoms with E-state index in [1.165, 1.54) is 11.3 Å². The Labute approximate surface area is 116 Å². The molecule has 2 rings (SSSR count). The van der Waals surface area contributed by atoms with Crippen LogP contribution >= 0.6 is 22.9 Å². The van der Waals surface area contributed by atoms with Crippen molar-refractivity contribution in [1.82, 2.24) is 5.32 Å². The van der Waals surface area contributed by atoms with Crippen molar-refractivity contribution < 1.29 is 9.90 Å². The zero-order valence-electron chi connectivity index (χ0n) is 10.4. The summed E-state index contributed by atoms with van der Waals surface area (Å²) in [6.45, 7) is 2.53. The molecule has 1 aliphatic rings. The van der Waals surface area contributed by atoms with Gasteiger partial charge in [-0.05, 0) is 43.7 Å². The maximum absolute atomic E-state index is 11.8. The fourth-order valence-electron chi connectivity index (χ4n) is 2.24. The van der Waals surface area contributed by atoms with Crippen LogP contribution in [0.4, 0.5) is 0 Å². The number of hydrogen-bond donors (Lipinski definition) is 2. The van der Waals surface area contributed by atoms with Crippen molar-refractivity contribution in [2.45, 2.75) is 38.2 Å². The van der Waals surface area contributed by atoms with Gasteiger partial charge in [0.15, 0.2) is 0 Å². The Morgan fingerprint density at radius 1 is 1.56 bits per heavy atom. The maximum atomic E-state index is 11.8. The Kier molecular flexibility index (Phi) is 4.30. The highest BCUT2D eigenvalue weighted by Gasteiger charge is 2.32. The zero-order chi connectivity index (χ0) is 13.2. The molecule has 1 fully saturated rings. The van der Waals surface area contributed by atoms with E-state index in [4.69, 9.17) is 11.6 Å². The highest BCUT2D eigenvalue weighted by Crippen LogP contribution is 2.31. The van der Waals surface area contributed by atoms with E-state index in [-0.39, 0.29) is 5.91 Å². The zero-order valence-corrected chi connectivity index (χ0v) is 12.0. The van der Waals surface area contributed by atoms with E-state index >= 15 is 0 Å². The van der Waals surface area contributed by atoms with Crippen molar-refractivity contribution in [3.8, 4) is 0 Å². The number of carbonyl (C=O) groups is 1. The van der Waals surface area contributed by atoms with Gasteiger partial charge in [0, 0.05) is 6.54 Å². The predicted octanol–water partition coefficient (Wildman–Crippen LogP) is 3.07. The molecule has 1 heterocycles. The highest BCUT2D eigenvalue weighted by molar-refractivity contribution is 7.17. The minimum absolute atomic E-state index is 0.154. The number of rotatable bonds is 3. The van der Waals surface area contributed by atoms with Gasteiger partial charge in [0.05, 0.1) is 14.8 Å². The smallest absolute Gasteiger partial charge is 0.261 e. The normalized spacial score (nSPS) is 28.1. The van der Waals surface area contributed by atoms with Gasteiger partial charge in [-0.2, -0.15) is 0 Å². The van der Waals surface area contributed by atoms with Crippen LogP contribution < -0.4 is 5.32 Å². The van der Waals surface area contributed by atoms with Crippen molar-refractivity contribution in [3.05, 3.63) is 21.3 Å². The molecule has 5 heteroatoms. The van der Waals surface area contributed by atoms with Crippen LogP contribution in [0.25, 0.3) is 0 Å². The summed E-state index contributed by atoms with van der Waals surface area (Å²) in [5.74, 6) is 0.524. The molecule has 3 nitrogen and oxygen atoms in total. The highest BCUT2D eigenvalue weighted by atomic mass is 35.5. The second-order valence-electron chi connectivity index (χ2n) is 5.19. The number of hydrogen-bond acceptors (Lipinski definition) is 3. The van der Waals surface area contributed by atoms with E-state index in [0.717, 1.165) is 25.7 Å². The van der Waals surface area contributed by atoms with Crippen molar-refractivity contribution in [3.63, 3.8) is 0 Å². The molecule has 1 aliphatic carbocycles. The molecule has 100 valence electrons. The topological polar surface area (TPSA) is 49.3 Å².